The van der Waals surface area contributed by atoms with E-state index < -0.39 is 23.4 Å². The Kier molecular flexibility index (Phi) is 22.5. The molecule has 0 saturated carbocycles. The lowest BCUT2D eigenvalue weighted by Gasteiger charge is -2.13. The van der Waals surface area contributed by atoms with Crippen LogP contribution in [0, 0.1) is 39.3 Å². The Morgan fingerprint density at radius 2 is 1.06 bits per heavy atom. The monoisotopic (exact) mass is 1510 g/mol. The molecule has 0 saturated heterocycles. The molecule has 7 aromatic heterocycles. The minimum Gasteiger partial charge on any atom is -0.497 e. The van der Waals surface area contributed by atoms with Crippen LogP contribution >= 0.6 is 23.2 Å². The first-order valence-corrected chi connectivity index (χ1v) is 33.2. The van der Waals surface area contributed by atoms with Crippen molar-refractivity contribution in [2.45, 2.75) is 55.1 Å². The van der Waals surface area contributed by atoms with Crippen LogP contribution in [-0.4, -0.2) is 95.2 Å². The van der Waals surface area contributed by atoms with Crippen LogP contribution in [0.15, 0.2) is 180 Å². The fourth-order valence-electron chi connectivity index (χ4n) is 11.4. The summed E-state index contributed by atoms with van der Waals surface area (Å²) < 4.78 is 81.8. The molecule has 0 fully saturated rings. The van der Waals surface area contributed by atoms with E-state index >= 15 is 0 Å². The lowest BCUT2D eigenvalue weighted by molar-refractivity contribution is -0.883. The van der Waals surface area contributed by atoms with E-state index in [2.05, 4.69) is 83.0 Å². The molecule has 0 bridgehead atoms. The number of hydrogen-bond donors (Lipinski definition) is 9. The van der Waals surface area contributed by atoms with Gasteiger partial charge in [0.25, 0.3) is 0 Å². The molecule has 0 aliphatic carbocycles. The van der Waals surface area contributed by atoms with Gasteiger partial charge in [0.05, 0.1) is 76.9 Å². The van der Waals surface area contributed by atoms with Gasteiger partial charge in [0.1, 0.15) is 57.3 Å². The van der Waals surface area contributed by atoms with Gasteiger partial charge in [0.15, 0.2) is 17.5 Å². The van der Waals surface area contributed by atoms with Crippen LogP contribution in [0.1, 0.15) is 55.6 Å². The number of imidazole rings is 3. The number of nitrogens with zero attached hydrogens (tertiary/aromatic N) is 15. The molecule has 1 aliphatic rings. The second-order valence-electron chi connectivity index (χ2n) is 24.0. The number of aromatic nitrogens is 14. The SMILES string of the molecule is C.CC1=NCC(C)=C1c1cc(N)nc(Nc2ccc(Cl)cc2)n1.COc1ccc(Nc2nc(N)c(Cl)c(-n3c(C)nc4ccccc43)n2)cc1.COc1cccc(Nc2nc(N)cc(-n3c(C)nc4cc(F)c(F)cc43)n2)c1.Cc1ccc2c(c1)nc(C)n2-c1cc(N)[n+](O)c(Nc2ccc(C(F)(F)F)cc2)n1. The molecule has 14 aromatic rings. The molecule has 552 valence electrons. The van der Waals surface area contributed by atoms with Gasteiger partial charge in [-0.3, -0.25) is 24.0 Å². The van der Waals surface area contributed by atoms with Crippen LogP contribution in [0.2, 0.25) is 10.0 Å². The van der Waals surface area contributed by atoms with Crippen molar-refractivity contribution in [3.8, 4) is 29.0 Å². The highest BCUT2D eigenvalue weighted by molar-refractivity contribution is 6.34. The Balaban J connectivity index is 0.000000144. The minimum atomic E-state index is -4.43. The second kappa shape index (κ2) is 32.0. The van der Waals surface area contributed by atoms with Crippen molar-refractivity contribution < 1.29 is 41.4 Å². The van der Waals surface area contributed by atoms with Gasteiger partial charge in [-0.25, -0.2) is 28.7 Å². The van der Waals surface area contributed by atoms with Crippen molar-refractivity contribution in [3.05, 3.63) is 231 Å². The highest BCUT2D eigenvalue weighted by atomic mass is 35.5. The Morgan fingerprint density at radius 1 is 0.500 bits per heavy atom. The Morgan fingerprint density at radius 3 is 1.71 bits per heavy atom. The average molecular weight is 1510 g/mol. The first kappa shape index (κ1) is 75.9. The van der Waals surface area contributed by atoms with Crippen molar-refractivity contribution in [2.75, 3.05) is 65.0 Å². The topological polar surface area (TPSA) is 351 Å². The zero-order chi connectivity index (χ0) is 76.1. The number of anilines is 12. The summed E-state index contributed by atoms with van der Waals surface area (Å²) in [6.45, 7) is 12.1. The van der Waals surface area contributed by atoms with Gasteiger partial charge in [-0.05, 0) is 167 Å². The number of para-hydroxylation sites is 2. The second-order valence-corrected chi connectivity index (χ2v) is 24.9. The maximum Gasteiger partial charge on any atom is 0.416 e. The number of fused-ring (bicyclic) bond motifs is 3. The molecule has 1 aliphatic heterocycles. The van der Waals surface area contributed by atoms with Crippen LogP contribution in [0.4, 0.5) is 91.8 Å². The molecule has 0 amide bonds. The first-order valence-electron chi connectivity index (χ1n) is 32.5. The van der Waals surface area contributed by atoms with Crippen LogP contribution in [-0.2, 0) is 6.18 Å². The molecule has 0 unspecified atom stereocenters. The van der Waals surface area contributed by atoms with Gasteiger partial charge in [0, 0.05) is 63.7 Å². The highest BCUT2D eigenvalue weighted by Crippen LogP contribution is 2.35. The summed E-state index contributed by atoms with van der Waals surface area (Å²) in [5.41, 5.74) is 34.8. The van der Waals surface area contributed by atoms with E-state index in [0.717, 1.165) is 91.8 Å². The first-order chi connectivity index (χ1) is 51.2. The normalized spacial score (nSPS) is 11.8. The van der Waals surface area contributed by atoms with E-state index in [9.17, 15) is 27.2 Å². The van der Waals surface area contributed by atoms with Gasteiger partial charge in [0.2, 0.25) is 29.5 Å². The van der Waals surface area contributed by atoms with Gasteiger partial charge in [-0.2, -0.15) is 38.1 Å². The molecule has 7 aromatic carbocycles. The Bertz CT molecular complexity index is 5740. The van der Waals surface area contributed by atoms with Crippen molar-refractivity contribution >= 4 is 137 Å². The molecule has 15 rings (SSSR count). The molecule has 8 heterocycles. The molecule has 13 N–H and O–H groups in total. The maximum atomic E-state index is 13.8. The van der Waals surface area contributed by atoms with Gasteiger partial charge >= 0.3 is 12.1 Å². The number of hydrogen-bond acceptors (Lipinski definition) is 22. The van der Waals surface area contributed by atoms with Crippen LogP contribution < -0.4 is 58.4 Å². The summed E-state index contributed by atoms with van der Waals surface area (Å²) in [4.78, 5) is 48.5. The largest absolute Gasteiger partial charge is 0.497 e. The number of aliphatic imine (C=N–C) groups is 1. The van der Waals surface area contributed by atoms with E-state index in [-0.39, 0.29) is 41.8 Å². The third-order valence-corrected chi connectivity index (χ3v) is 17.0. The standard InChI is InChI=1S/C20H17F3N6O.C19H17ClN6O.C19H16F2N6O.C16H16ClN5.CH4/c1-11-3-8-16-15(9-11)25-12(2)28(16)18-10-17(24)29(30)19(27-18)26-14-6-4-13(5-7-14)20(21,22)23;1-11-22-14-5-3-4-6-15(14)26(11)18-16(20)17(21)24-19(25-18)23-12-7-9-13(27-2)10-8-12;1-10-23-15-7-13(20)14(21)8-16(15)27(10)18-9-17(22)25-19(26-18)24-11-4-3-5-12(6-11)28-2;1-9-8-19-10(2)15(9)13-7-14(18)22-16(21-13)20-12-5-3-11(17)4-6-12;/h3-10,30H,1-2H3,(H2,24,26,27);3-10H,1-2H3,(H3,21,23,24,25);3-9H,1-2H3,(H3,22,24,25,26);3-7H,8H2,1-2H3,(H3,18,20,21,22);1H4/p+1. The van der Waals surface area contributed by atoms with E-state index in [0.29, 0.717) is 91.3 Å². The van der Waals surface area contributed by atoms with Crippen LogP contribution in [0.3, 0.4) is 0 Å². The average Bonchev–Trinajstić information content (AvgIpc) is 1.63. The summed E-state index contributed by atoms with van der Waals surface area (Å²) in [6.07, 6.45) is -4.43. The van der Waals surface area contributed by atoms with Gasteiger partial charge in [-0.15, -0.1) is 0 Å². The Labute approximate surface area is 624 Å². The number of nitrogens with one attached hydrogen (secondary N) is 4. The minimum absolute atomic E-state index is 0. The maximum absolute atomic E-state index is 13.8. The molecule has 0 spiro atoms. The van der Waals surface area contributed by atoms with Crippen molar-refractivity contribution in [2.24, 2.45) is 4.99 Å². The third-order valence-electron chi connectivity index (χ3n) is 16.4. The molecule has 33 heteroatoms. The number of nitrogens with two attached hydrogens (primary N) is 4. The number of ether oxygens (including phenoxy) is 2. The number of allylic oxidation sites excluding steroid dienone is 1. The van der Waals surface area contributed by atoms with Gasteiger partial charge in [-0.1, -0.05) is 59.9 Å². The zero-order valence-electron chi connectivity index (χ0n) is 58.3. The summed E-state index contributed by atoms with van der Waals surface area (Å²) in [5.74, 6) is 4.48. The summed E-state index contributed by atoms with van der Waals surface area (Å²) in [6, 6.07) is 46.8. The third kappa shape index (κ3) is 17.1. The van der Waals surface area contributed by atoms with E-state index in [1.54, 1.807) is 54.5 Å². The van der Waals surface area contributed by atoms with Gasteiger partial charge < -0.3 is 53.6 Å². The molecule has 0 atom stereocenters. The van der Waals surface area contributed by atoms with Crippen molar-refractivity contribution in [1.82, 2.24) is 63.5 Å². The Hall–Kier alpha value is -13.3. The smallest absolute Gasteiger partial charge is 0.416 e. The fourth-order valence-corrected chi connectivity index (χ4v) is 11.7. The number of halogens is 7. The van der Waals surface area contributed by atoms with Crippen LogP contribution in [0.25, 0.3) is 56.1 Å². The predicted octanol–water partition coefficient (Wildman–Crippen LogP) is 16.1. The van der Waals surface area contributed by atoms with E-state index in [4.69, 9.17) is 55.6 Å². The number of benzene rings is 7. The summed E-state index contributed by atoms with van der Waals surface area (Å²) in [5, 5.41) is 23.3. The molecule has 0 radical (unpaired) electrons. The number of nitrogen functional groups attached to an aromatic ring is 4. The molecular formula is C75H71Cl2F5N23O3+. The quantitative estimate of drug-likeness (QED) is 0.0277. The number of rotatable bonds is 14. The summed E-state index contributed by atoms with van der Waals surface area (Å²) >= 11 is 12.3. The lowest BCUT2D eigenvalue weighted by Crippen LogP contribution is -2.38. The van der Waals surface area contributed by atoms with E-state index in [1.807, 2.05) is 129 Å². The number of methoxy groups -OCH3 is 2. The van der Waals surface area contributed by atoms with Crippen molar-refractivity contribution in [1.29, 1.82) is 0 Å². The number of aryl methyl sites for hydroxylation is 4. The van der Waals surface area contributed by atoms with E-state index in [1.165, 1.54) is 29.8 Å². The molecule has 108 heavy (non-hydrogen) atoms. The van der Waals surface area contributed by atoms with Crippen LogP contribution in [0.5, 0.6) is 11.5 Å². The number of alkyl halides is 3. The fraction of sp³-hybridized carbons (Fsp3) is 0.147. The summed E-state index contributed by atoms with van der Waals surface area (Å²) in [7, 11) is 3.19. The predicted molar refractivity (Wildman–Crippen MR) is 412 cm³/mol. The highest BCUT2D eigenvalue weighted by Gasteiger charge is 2.31. The van der Waals surface area contributed by atoms with Crippen molar-refractivity contribution in [3.63, 3.8) is 0 Å². The zero-order valence-corrected chi connectivity index (χ0v) is 59.8. The lowest BCUT2D eigenvalue weighted by atomic mass is 10.0. The molecular weight excluding hydrogens is 1440 g/mol. The molecule has 26 nitrogen and oxygen atoms in total.